The first kappa shape index (κ1) is 12.3. The van der Waals surface area contributed by atoms with Gasteiger partial charge in [-0.1, -0.05) is 11.8 Å². The fourth-order valence-electron chi connectivity index (χ4n) is 0.771. The summed E-state index contributed by atoms with van der Waals surface area (Å²) in [7, 11) is 1.89. The first-order valence-corrected chi connectivity index (χ1v) is 5.28. The molecule has 0 aromatic carbocycles. The van der Waals surface area contributed by atoms with E-state index in [0.717, 1.165) is 18.3 Å². The van der Waals surface area contributed by atoms with Gasteiger partial charge >= 0.3 is 0 Å². The molecular formula is C8H15N3OS. The van der Waals surface area contributed by atoms with E-state index in [2.05, 4.69) is 4.99 Å². The Morgan fingerprint density at radius 1 is 1.69 bits per heavy atom. The van der Waals surface area contributed by atoms with E-state index in [1.807, 2.05) is 25.1 Å². The van der Waals surface area contributed by atoms with Gasteiger partial charge in [0.2, 0.25) is 6.19 Å². The lowest BCUT2D eigenvalue weighted by atomic mass is 10.6. The van der Waals surface area contributed by atoms with Crippen LogP contribution in [0.5, 0.6) is 0 Å². The van der Waals surface area contributed by atoms with Gasteiger partial charge in [0.25, 0.3) is 0 Å². The molecule has 0 amide bonds. The van der Waals surface area contributed by atoms with Crippen molar-refractivity contribution >= 4 is 16.9 Å². The fourth-order valence-corrected chi connectivity index (χ4v) is 1.31. The molecule has 0 unspecified atom stereocenters. The zero-order valence-electron chi connectivity index (χ0n) is 8.28. The van der Waals surface area contributed by atoms with Crippen LogP contribution < -0.4 is 0 Å². The topological polar surface area (TPSA) is 48.6 Å². The predicted octanol–water partition coefficient (Wildman–Crippen LogP) is 1.15. The summed E-state index contributed by atoms with van der Waals surface area (Å²) in [5.74, 6) is 0. The quantitative estimate of drug-likeness (QED) is 0.296. The van der Waals surface area contributed by atoms with Crippen molar-refractivity contribution in [3.63, 3.8) is 0 Å². The Labute approximate surface area is 83.6 Å². The van der Waals surface area contributed by atoms with Gasteiger partial charge in [0.1, 0.15) is 0 Å². The van der Waals surface area contributed by atoms with Crippen molar-refractivity contribution in [3.05, 3.63) is 0 Å². The highest BCUT2D eigenvalue weighted by molar-refractivity contribution is 8.13. The third-order valence-corrected chi connectivity index (χ3v) is 2.20. The molecule has 0 rings (SSSR count). The summed E-state index contributed by atoms with van der Waals surface area (Å²) in [5.41, 5.74) is 0. The number of rotatable bonds is 4. The molecule has 0 aliphatic heterocycles. The molecule has 0 aliphatic rings. The molecule has 0 heterocycles. The van der Waals surface area contributed by atoms with E-state index >= 15 is 0 Å². The lowest BCUT2D eigenvalue weighted by Gasteiger charge is -2.17. The predicted molar refractivity (Wildman–Crippen MR) is 55.7 cm³/mol. The number of nitrogens with zero attached hydrogens (tertiary/aromatic N) is 3. The van der Waals surface area contributed by atoms with Gasteiger partial charge in [-0.15, -0.1) is 4.99 Å². The number of thioether (sulfide) groups is 1. The van der Waals surface area contributed by atoms with E-state index in [-0.39, 0.29) is 0 Å². The van der Waals surface area contributed by atoms with Crippen LogP contribution in [0.25, 0.3) is 0 Å². The van der Waals surface area contributed by atoms with Crippen LogP contribution in [-0.2, 0) is 4.74 Å². The van der Waals surface area contributed by atoms with Gasteiger partial charge in [0.05, 0.1) is 6.61 Å². The van der Waals surface area contributed by atoms with Gasteiger partial charge in [-0.3, -0.25) is 0 Å². The molecule has 0 aromatic rings. The molecule has 5 heteroatoms. The smallest absolute Gasteiger partial charge is 0.208 e. The molecule has 0 saturated heterocycles. The molecule has 4 nitrogen and oxygen atoms in total. The Kier molecular flexibility index (Phi) is 7.45. The third kappa shape index (κ3) is 5.50. The Morgan fingerprint density at radius 2 is 2.38 bits per heavy atom. The van der Waals surface area contributed by atoms with Crippen molar-refractivity contribution in [1.29, 1.82) is 5.26 Å². The molecule has 0 saturated carbocycles. The summed E-state index contributed by atoms with van der Waals surface area (Å²) in [4.78, 5) is 5.58. The zero-order valence-corrected chi connectivity index (χ0v) is 9.10. The second-order valence-electron chi connectivity index (χ2n) is 2.32. The highest BCUT2D eigenvalue weighted by Gasteiger charge is 2.03. The monoisotopic (exact) mass is 201 g/mol. The molecule has 0 spiro atoms. The molecule has 74 valence electrons. The molecule has 0 N–H and O–H groups in total. The van der Waals surface area contributed by atoms with Crippen molar-refractivity contribution in [2.75, 3.05) is 33.1 Å². The molecule has 0 aromatic heterocycles. The minimum Gasteiger partial charge on any atom is -0.380 e. The van der Waals surface area contributed by atoms with Crippen LogP contribution in [-0.4, -0.2) is 43.1 Å². The summed E-state index contributed by atoms with van der Waals surface area (Å²) in [5, 5.41) is 9.10. The molecular weight excluding hydrogens is 186 g/mol. The summed E-state index contributed by atoms with van der Waals surface area (Å²) in [6.07, 6.45) is 3.67. The number of ether oxygens (including phenoxy) is 1. The maximum absolute atomic E-state index is 8.38. The van der Waals surface area contributed by atoms with E-state index < -0.39 is 0 Å². The SMILES string of the molecule is CCOCCN(C)C(=NC#N)SC. The van der Waals surface area contributed by atoms with Crippen LogP contribution in [0.4, 0.5) is 0 Å². The second-order valence-corrected chi connectivity index (χ2v) is 3.09. The van der Waals surface area contributed by atoms with Gasteiger partial charge < -0.3 is 9.64 Å². The van der Waals surface area contributed by atoms with Crippen molar-refractivity contribution in [2.24, 2.45) is 4.99 Å². The van der Waals surface area contributed by atoms with E-state index in [0.29, 0.717) is 6.61 Å². The van der Waals surface area contributed by atoms with Crippen LogP contribution in [0.2, 0.25) is 0 Å². The zero-order chi connectivity index (χ0) is 10.1. The molecule has 0 radical (unpaired) electrons. The Hall–Kier alpha value is -0.730. The highest BCUT2D eigenvalue weighted by atomic mass is 32.2. The first-order valence-electron chi connectivity index (χ1n) is 4.05. The first-order chi connectivity index (χ1) is 6.26. The second kappa shape index (κ2) is 7.90. The normalized spacial score (nSPS) is 11.1. The maximum atomic E-state index is 8.38. The largest absolute Gasteiger partial charge is 0.380 e. The Morgan fingerprint density at radius 3 is 2.85 bits per heavy atom. The minimum atomic E-state index is 0.665. The Balaban J connectivity index is 3.86. The van der Waals surface area contributed by atoms with Crippen LogP contribution >= 0.6 is 11.8 Å². The van der Waals surface area contributed by atoms with Gasteiger partial charge in [-0.2, -0.15) is 5.26 Å². The van der Waals surface area contributed by atoms with Gasteiger partial charge in [-0.05, 0) is 13.2 Å². The maximum Gasteiger partial charge on any atom is 0.208 e. The van der Waals surface area contributed by atoms with E-state index in [9.17, 15) is 0 Å². The Bertz CT molecular complexity index is 200. The summed E-state index contributed by atoms with van der Waals surface area (Å²) in [6.45, 7) is 4.10. The number of amidine groups is 1. The van der Waals surface area contributed by atoms with Crippen molar-refractivity contribution in [3.8, 4) is 6.19 Å². The molecule has 0 fully saturated rings. The van der Waals surface area contributed by atoms with Crippen LogP contribution in [0.1, 0.15) is 6.92 Å². The average Bonchev–Trinajstić information content (AvgIpc) is 2.14. The number of likely N-dealkylation sites (N-methyl/N-ethyl adjacent to an activating group) is 1. The summed E-state index contributed by atoms with van der Waals surface area (Å²) >= 11 is 1.46. The van der Waals surface area contributed by atoms with Crippen molar-refractivity contribution < 1.29 is 4.74 Å². The van der Waals surface area contributed by atoms with Crippen molar-refractivity contribution in [1.82, 2.24) is 4.90 Å². The highest BCUT2D eigenvalue weighted by Crippen LogP contribution is 2.02. The van der Waals surface area contributed by atoms with Crippen molar-refractivity contribution in [2.45, 2.75) is 6.92 Å². The van der Waals surface area contributed by atoms with Crippen LogP contribution in [0, 0.1) is 11.5 Å². The fraction of sp³-hybridized carbons (Fsp3) is 0.750. The minimum absolute atomic E-state index is 0.665. The van der Waals surface area contributed by atoms with E-state index in [1.54, 1.807) is 6.19 Å². The molecule has 0 atom stereocenters. The molecule has 0 aliphatic carbocycles. The number of aliphatic imine (C=N–C) groups is 1. The summed E-state index contributed by atoms with van der Waals surface area (Å²) < 4.78 is 5.19. The lowest BCUT2D eigenvalue weighted by molar-refractivity contribution is 0.137. The van der Waals surface area contributed by atoms with E-state index in [1.165, 1.54) is 11.8 Å². The van der Waals surface area contributed by atoms with Gasteiger partial charge in [-0.25, -0.2) is 0 Å². The lowest BCUT2D eigenvalue weighted by Crippen LogP contribution is -2.27. The number of hydrogen-bond acceptors (Lipinski definition) is 4. The molecule has 0 bridgehead atoms. The average molecular weight is 201 g/mol. The van der Waals surface area contributed by atoms with Gasteiger partial charge in [0, 0.05) is 20.2 Å². The van der Waals surface area contributed by atoms with Crippen LogP contribution in [0.3, 0.4) is 0 Å². The number of hydrogen-bond donors (Lipinski definition) is 0. The molecule has 13 heavy (non-hydrogen) atoms. The third-order valence-electron chi connectivity index (χ3n) is 1.43. The van der Waals surface area contributed by atoms with Gasteiger partial charge in [0.15, 0.2) is 5.17 Å². The summed E-state index contributed by atoms with van der Waals surface area (Å²) in [6, 6.07) is 0. The number of nitriles is 1. The van der Waals surface area contributed by atoms with E-state index in [4.69, 9.17) is 10.00 Å². The standard InChI is InChI=1S/C8H15N3OS/c1-4-12-6-5-11(2)8(13-3)10-7-9/h4-6H2,1-3H3. The van der Waals surface area contributed by atoms with Crippen LogP contribution in [0.15, 0.2) is 4.99 Å².